The van der Waals surface area contributed by atoms with Gasteiger partial charge in [0.05, 0.1) is 37.0 Å². The molecule has 3 rings (SSSR count). The molecule has 0 bridgehead atoms. The van der Waals surface area contributed by atoms with Crippen molar-refractivity contribution in [1.29, 1.82) is 0 Å². The van der Waals surface area contributed by atoms with Crippen LogP contribution in [0.1, 0.15) is 5.56 Å². The molecule has 162 valence electrons. The Morgan fingerprint density at radius 2 is 1.68 bits per heavy atom. The third-order valence-corrected chi connectivity index (χ3v) is 4.65. The molecular weight excluding hydrogens is 426 g/mol. The first-order chi connectivity index (χ1) is 15.0. The van der Waals surface area contributed by atoms with Crippen LogP contribution in [0.5, 0.6) is 17.2 Å². The lowest BCUT2D eigenvalue weighted by Gasteiger charge is -2.14. The Kier molecular flexibility index (Phi) is 6.93. The van der Waals surface area contributed by atoms with E-state index >= 15 is 0 Å². The number of nitro groups is 1. The SMILES string of the molecule is COc1ccc(CNc2ncnc(Nc3cc(Cl)c(OC)cc3OC)c2[N+](=O)[O-])cc1. The monoisotopic (exact) mass is 445 g/mol. The molecule has 0 saturated heterocycles. The first kappa shape index (κ1) is 21.9. The molecule has 2 aromatic carbocycles. The van der Waals surface area contributed by atoms with Gasteiger partial charge in [0.15, 0.2) is 0 Å². The summed E-state index contributed by atoms with van der Waals surface area (Å²) in [4.78, 5) is 19.3. The molecule has 3 aromatic rings. The molecule has 0 aliphatic carbocycles. The minimum atomic E-state index is -0.559. The smallest absolute Gasteiger partial charge is 0.353 e. The zero-order valence-electron chi connectivity index (χ0n) is 17.0. The molecule has 1 aromatic heterocycles. The number of hydrogen-bond donors (Lipinski definition) is 2. The number of anilines is 3. The van der Waals surface area contributed by atoms with Crippen molar-refractivity contribution in [2.45, 2.75) is 6.54 Å². The molecule has 0 fully saturated rings. The third-order valence-electron chi connectivity index (χ3n) is 4.35. The zero-order valence-corrected chi connectivity index (χ0v) is 17.8. The van der Waals surface area contributed by atoms with Crippen molar-refractivity contribution in [3.63, 3.8) is 0 Å². The van der Waals surface area contributed by atoms with Crippen LogP contribution in [0.25, 0.3) is 0 Å². The summed E-state index contributed by atoms with van der Waals surface area (Å²) in [7, 11) is 4.52. The largest absolute Gasteiger partial charge is 0.497 e. The van der Waals surface area contributed by atoms with Gasteiger partial charge in [-0.1, -0.05) is 23.7 Å². The molecule has 11 heteroatoms. The fourth-order valence-electron chi connectivity index (χ4n) is 2.79. The standard InChI is InChI=1S/C20H20ClN5O5/c1-29-13-6-4-12(5-7-13)10-22-19-18(26(27)28)20(24-11-23-19)25-15-8-14(21)16(30-2)9-17(15)31-3/h4-9,11H,10H2,1-3H3,(H2,22,23,24,25). The van der Waals surface area contributed by atoms with Crippen molar-refractivity contribution < 1.29 is 19.1 Å². The van der Waals surface area contributed by atoms with Gasteiger partial charge in [-0.3, -0.25) is 10.1 Å². The van der Waals surface area contributed by atoms with Gasteiger partial charge in [-0.2, -0.15) is 0 Å². The molecule has 0 amide bonds. The number of nitrogens with zero attached hydrogens (tertiary/aromatic N) is 3. The molecular formula is C20H20ClN5O5. The molecule has 0 saturated carbocycles. The summed E-state index contributed by atoms with van der Waals surface area (Å²) in [5.74, 6) is 1.55. The van der Waals surface area contributed by atoms with Gasteiger partial charge < -0.3 is 24.8 Å². The lowest BCUT2D eigenvalue weighted by atomic mass is 10.2. The third kappa shape index (κ3) is 5.04. The van der Waals surface area contributed by atoms with Crippen LogP contribution < -0.4 is 24.8 Å². The fourth-order valence-corrected chi connectivity index (χ4v) is 3.03. The van der Waals surface area contributed by atoms with E-state index in [-0.39, 0.29) is 17.3 Å². The van der Waals surface area contributed by atoms with E-state index in [1.54, 1.807) is 25.3 Å². The number of hydrogen-bond acceptors (Lipinski definition) is 9. The molecule has 31 heavy (non-hydrogen) atoms. The summed E-state index contributed by atoms with van der Waals surface area (Å²) in [5.41, 5.74) is 0.966. The van der Waals surface area contributed by atoms with Gasteiger partial charge in [-0.15, -0.1) is 0 Å². The van der Waals surface area contributed by atoms with Crippen molar-refractivity contribution in [2.24, 2.45) is 0 Å². The average Bonchev–Trinajstić information content (AvgIpc) is 2.78. The van der Waals surface area contributed by atoms with Crippen LogP contribution in [-0.4, -0.2) is 36.2 Å². The van der Waals surface area contributed by atoms with E-state index in [1.165, 1.54) is 26.6 Å². The van der Waals surface area contributed by atoms with Crippen molar-refractivity contribution in [1.82, 2.24) is 9.97 Å². The second kappa shape index (κ2) is 9.81. The highest BCUT2D eigenvalue weighted by atomic mass is 35.5. The van der Waals surface area contributed by atoms with Gasteiger partial charge in [-0.05, 0) is 23.8 Å². The van der Waals surface area contributed by atoms with E-state index in [0.29, 0.717) is 28.8 Å². The highest BCUT2D eigenvalue weighted by molar-refractivity contribution is 6.32. The van der Waals surface area contributed by atoms with Gasteiger partial charge >= 0.3 is 5.69 Å². The Labute approximate surface area is 183 Å². The normalized spacial score (nSPS) is 10.3. The van der Waals surface area contributed by atoms with Crippen LogP contribution in [-0.2, 0) is 6.54 Å². The van der Waals surface area contributed by atoms with E-state index in [1.807, 2.05) is 12.1 Å². The molecule has 10 nitrogen and oxygen atoms in total. The quantitative estimate of drug-likeness (QED) is 0.364. The van der Waals surface area contributed by atoms with E-state index in [2.05, 4.69) is 20.6 Å². The first-order valence-electron chi connectivity index (χ1n) is 9.01. The molecule has 1 heterocycles. The number of halogens is 1. The average molecular weight is 446 g/mol. The maximum Gasteiger partial charge on any atom is 0.353 e. The molecule has 0 atom stereocenters. The van der Waals surface area contributed by atoms with Gasteiger partial charge in [0, 0.05) is 12.6 Å². The zero-order chi connectivity index (χ0) is 22.4. The molecule has 0 spiro atoms. The van der Waals surface area contributed by atoms with E-state index in [4.69, 9.17) is 25.8 Å². The second-order valence-corrected chi connectivity index (χ2v) is 6.60. The van der Waals surface area contributed by atoms with Crippen LogP contribution in [0.4, 0.5) is 23.0 Å². The Hall–Kier alpha value is -3.79. The maximum atomic E-state index is 11.8. The summed E-state index contributed by atoms with van der Waals surface area (Å²) in [6.07, 6.45) is 1.23. The molecule has 0 unspecified atom stereocenters. The lowest BCUT2D eigenvalue weighted by molar-refractivity contribution is -0.383. The molecule has 0 aliphatic heterocycles. The number of methoxy groups -OCH3 is 3. The van der Waals surface area contributed by atoms with Gasteiger partial charge in [0.1, 0.15) is 23.6 Å². The predicted octanol–water partition coefficient (Wildman–Crippen LogP) is 4.42. The molecule has 0 radical (unpaired) electrons. The number of nitrogens with one attached hydrogen (secondary N) is 2. The molecule has 0 aliphatic rings. The topological polar surface area (TPSA) is 121 Å². The predicted molar refractivity (Wildman–Crippen MR) is 117 cm³/mol. The Bertz CT molecular complexity index is 1080. The minimum Gasteiger partial charge on any atom is -0.497 e. The van der Waals surface area contributed by atoms with Crippen molar-refractivity contribution in [2.75, 3.05) is 32.0 Å². The van der Waals surface area contributed by atoms with Gasteiger partial charge in [0.25, 0.3) is 0 Å². The lowest BCUT2D eigenvalue weighted by Crippen LogP contribution is -2.08. The number of rotatable bonds is 9. The highest BCUT2D eigenvalue weighted by Gasteiger charge is 2.24. The van der Waals surface area contributed by atoms with E-state index in [9.17, 15) is 10.1 Å². The van der Waals surface area contributed by atoms with Gasteiger partial charge in [-0.25, -0.2) is 9.97 Å². The van der Waals surface area contributed by atoms with Crippen molar-refractivity contribution in [3.8, 4) is 17.2 Å². The van der Waals surface area contributed by atoms with Crippen LogP contribution in [0.3, 0.4) is 0 Å². The van der Waals surface area contributed by atoms with Crippen molar-refractivity contribution >= 4 is 34.6 Å². The number of aromatic nitrogens is 2. The highest BCUT2D eigenvalue weighted by Crippen LogP contribution is 2.39. The second-order valence-electron chi connectivity index (χ2n) is 6.19. The van der Waals surface area contributed by atoms with Crippen LogP contribution in [0.15, 0.2) is 42.7 Å². The fraction of sp³-hybridized carbons (Fsp3) is 0.200. The summed E-state index contributed by atoms with van der Waals surface area (Å²) in [6.45, 7) is 0.318. The number of benzene rings is 2. The summed E-state index contributed by atoms with van der Waals surface area (Å²) >= 11 is 6.19. The summed E-state index contributed by atoms with van der Waals surface area (Å²) in [5, 5.41) is 18.0. The van der Waals surface area contributed by atoms with E-state index < -0.39 is 4.92 Å². The maximum absolute atomic E-state index is 11.8. The van der Waals surface area contributed by atoms with Gasteiger partial charge in [0.2, 0.25) is 11.6 Å². The molecule has 2 N–H and O–H groups in total. The summed E-state index contributed by atoms with van der Waals surface area (Å²) < 4.78 is 15.6. The Morgan fingerprint density at radius 1 is 1.00 bits per heavy atom. The van der Waals surface area contributed by atoms with Crippen LogP contribution >= 0.6 is 11.6 Å². The number of ether oxygens (including phenoxy) is 3. The van der Waals surface area contributed by atoms with Crippen LogP contribution in [0.2, 0.25) is 5.02 Å². The Balaban J connectivity index is 1.90. The Morgan fingerprint density at radius 3 is 2.29 bits per heavy atom. The summed E-state index contributed by atoms with van der Waals surface area (Å²) in [6, 6.07) is 10.4. The van der Waals surface area contributed by atoms with Crippen molar-refractivity contribution in [3.05, 3.63) is 63.4 Å². The first-order valence-corrected chi connectivity index (χ1v) is 9.39. The minimum absolute atomic E-state index is 0.0169. The van der Waals surface area contributed by atoms with Crippen LogP contribution in [0, 0.1) is 10.1 Å². The van der Waals surface area contributed by atoms with E-state index in [0.717, 1.165) is 11.3 Å².